The standard InChI is InChI=1S/C16H27N3OS/c1-6-17-15(19-12-16(2,3)21-5)18-11-13-8-7-9-14(10-13)20-4/h7-10H,6,11-12H2,1-5H3,(H2,17,18,19). The first-order valence-corrected chi connectivity index (χ1v) is 8.43. The van der Waals surface area contributed by atoms with Crippen molar-refractivity contribution < 1.29 is 4.74 Å². The van der Waals surface area contributed by atoms with E-state index < -0.39 is 0 Å². The van der Waals surface area contributed by atoms with Crippen LogP contribution in [0.3, 0.4) is 0 Å². The summed E-state index contributed by atoms with van der Waals surface area (Å²) in [5, 5.41) is 6.67. The zero-order valence-electron chi connectivity index (χ0n) is 13.7. The average Bonchev–Trinajstić information content (AvgIpc) is 2.50. The normalized spacial score (nSPS) is 12.1. The Bertz CT molecular complexity index is 461. The van der Waals surface area contributed by atoms with E-state index >= 15 is 0 Å². The second kappa shape index (κ2) is 8.82. The fourth-order valence-corrected chi connectivity index (χ4v) is 1.87. The van der Waals surface area contributed by atoms with Crippen LogP contribution in [0, 0.1) is 0 Å². The molecule has 0 spiro atoms. The molecule has 118 valence electrons. The Labute approximate surface area is 132 Å². The first-order chi connectivity index (χ1) is 10.0. The Hall–Kier alpha value is -1.36. The van der Waals surface area contributed by atoms with Gasteiger partial charge in [0.2, 0.25) is 0 Å². The summed E-state index contributed by atoms with van der Waals surface area (Å²) in [6.07, 6.45) is 2.13. The van der Waals surface area contributed by atoms with Gasteiger partial charge in [0.1, 0.15) is 5.75 Å². The van der Waals surface area contributed by atoms with Crippen molar-refractivity contribution in [2.75, 3.05) is 26.5 Å². The smallest absolute Gasteiger partial charge is 0.191 e. The van der Waals surface area contributed by atoms with Gasteiger partial charge in [-0.15, -0.1) is 0 Å². The van der Waals surface area contributed by atoms with Gasteiger partial charge >= 0.3 is 0 Å². The number of nitrogens with one attached hydrogen (secondary N) is 2. The predicted octanol–water partition coefficient (Wildman–Crippen LogP) is 2.89. The molecule has 0 unspecified atom stereocenters. The fraction of sp³-hybridized carbons (Fsp3) is 0.562. The molecule has 4 nitrogen and oxygen atoms in total. The largest absolute Gasteiger partial charge is 0.497 e. The van der Waals surface area contributed by atoms with Crippen LogP contribution in [0.1, 0.15) is 26.3 Å². The molecule has 0 fully saturated rings. The number of rotatable bonds is 7. The van der Waals surface area contributed by atoms with Crippen LogP contribution in [-0.2, 0) is 6.54 Å². The molecule has 21 heavy (non-hydrogen) atoms. The summed E-state index contributed by atoms with van der Waals surface area (Å²) in [4.78, 5) is 4.63. The molecule has 1 aromatic rings. The summed E-state index contributed by atoms with van der Waals surface area (Å²) in [5.41, 5.74) is 1.13. The molecule has 0 aromatic heterocycles. The van der Waals surface area contributed by atoms with Crippen LogP contribution in [-0.4, -0.2) is 37.2 Å². The third-order valence-corrected chi connectivity index (χ3v) is 4.38. The van der Waals surface area contributed by atoms with Crippen LogP contribution in [0.15, 0.2) is 29.3 Å². The van der Waals surface area contributed by atoms with Crippen molar-refractivity contribution >= 4 is 17.7 Å². The zero-order chi connectivity index (χ0) is 15.7. The summed E-state index contributed by atoms with van der Waals surface area (Å²) < 4.78 is 5.42. The van der Waals surface area contributed by atoms with E-state index in [1.54, 1.807) is 7.11 Å². The van der Waals surface area contributed by atoms with Crippen LogP contribution in [0.5, 0.6) is 5.75 Å². The molecule has 1 rings (SSSR count). The maximum absolute atomic E-state index is 5.23. The molecule has 0 bridgehead atoms. The summed E-state index contributed by atoms with van der Waals surface area (Å²) in [7, 11) is 1.68. The maximum Gasteiger partial charge on any atom is 0.191 e. The number of hydrogen-bond donors (Lipinski definition) is 2. The van der Waals surface area contributed by atoms with Crippen molar-refractivity contribution in [1.82, 2.24) is 10.6 Å². The van der Waals surface area contributed by atoms with E-state index in [0.717, 1.165) is 30.4 Å². The number of benzene rings is 1. The van der Waals surface area contributed by atoms with Gasteiger partial charge in [-0.2, -0.15) is 11.8 Å². The van der Waals surface area contributed by atoms with Crippen molar-refractivity contribution in [3.05, 3.63) is 29.8 Å². The highest BCUT2D eigenvalue weighted by atomic mass is 32.2. The topological polar surface area (TPSA) is 45.7 Å². The van der Waals surface area contributed by atoms with Gasteiger partial charge in [-0.1, -0.05) is 12.1 Å². The van der Waals surface area contributed by atoms with Crippen LogP contribution in [0.4, 0.5) is 0 Å². The minimum Gasteiger partial charge on any atom is -0.497 e. The molecule has 0 saturated heterocycles. The van der Waals surface area contributed by atoms with Gasteiger partial charge in [0, 0.05) is 17.8 Å². The van der Waals surface area contributed by atoms with Crippen molar-refractivity contribution in [1.29, 1.82) is 0 Å². The monoisotopic (exact) mass is 309 g/mol. The minimum atomic E-state index is 0.187. The van der Waals surface area contributed by atoms with E-state index in [2.05, 4.69) is 48.7 Å². The molecule has 0 saturated carbocycles. The highest BCUT2D eigenvalue weighted by molar-refractivity contribution is 7.99. The van der Waals surface area contributed by atoms with Gasteiger partial charge in [-0.05, 0) is 44.7 Å². The summed E-state index contributed by atoms with van der Waals surface area (Å²) in [6, 6.07) is 8.00. The molecule has 0 aliphatic carbocycles. The van der Waals surface area contributed by atoms with Crippen molar-refractivity contribution in [3.8, 4) is 5.75 Å². The number of aliphatic imine (C=N–C) groups is 1. The van der Waals surface area contributed by atoms with E-state index in [1.165, 1.54) is 0 Å². The van der Waals surface area contributed by atoms with Crippen molar-refractivity contribution in [3.63, 3.8) is 0 Å². The van der Waals surface area contributed by atoms with Gasteiger partial charge in [-0.25, -0.2) is 4.99 Å². The van der Waals surface area contributed by atoms with E-state index in [4.69, 9.17) is 4.74 Å². The number of thioether (sulfide) groups is 1. The Balaban J connectivity index is 2.66. The maximum atomic E-state index is 5.23. The van der Waals surface area contributed by atoms with Gasteiger partial charge in [-0.3, -0.25) is 0 Å². The fourth-order valence-electron chi connectivity index (χ4n) is 1.65. The number of hydrogen-bond acceptors (Lipinski definition) is 3. The minimum absolute atomic E-state index is 0.187. The molecule has 0 amide bonds. The lowest BCUT2D eigenvalue weighted by molar-refractivity contribution is 0.414. The first kappa shape index (κ1) is 17.7. The molecular formula is C16H27N3OS. The second-order valence-corrected chi connectivity index (χ2v) is 6.88. The first-order valence-electron chi connectivity index (χ1n) is 7.21. The molecule has 2 N–H and O–H groups in total. The number of nitrogens with zero attached hydrogens (tertiary/aromatic N) is 1. The van der Waals surface area contributed by atoms with Crippen molar-refractivity contribution in [2.45, 2.75) is 32.1 Å². The Morgan fingerprint density at radius 2 is 2.10 bits per heavy atom. The molecular weight excluding hydrogens is 282 g/mol. The number of guanidine groups is 1. The van der Waals surface area contributed by atoms with Gasteiger partial charge in [0.15, 0.2) is 5.96 Å². The molecule has 0 atom stereocenters. The van der Waals surface area contributed by atoms with Gasteiger partial charge in [0.05, 0.1) is 13.7 Å². The lowest BCUT2D eigenvalue weighted by atomic mass is 10.2. The van der Waals surface area contributed by atoms with E-state index in [1.807, 2.05) is 30.0 Å². The lowest BCUT2D eigenvalue weighted by Crippen LogP contribution is -2.43. The molecule has 0 heterocycles. The molecule has 5 heteroatoms. The van der Waals surface area contributed by atoms with Crippen molar-refractivity contribution in [2.24, 2.45) is 4.99 Å². The molecule has 0 aliphatic heterocycles. The Morgan fingerprint density at radius 1 is 1.33 bits per heavy atom. The third kappa shape index (κ3) is 6.76. The quantitative estimate of drug-likeness (QED) is 0.600. The summed E-state index contributed by atoms with van der Waals surface area (Å²) in [5.74, 6) is 1.71. The molecule has 0 radical (unpaired) electrons. The number of ether oxygens (including phenoxy) is 1. The summed E-state index contributed by atoms with van der Waals surface area (Å²) >= 11 is 1.84. The number of methoxy groups -OCH3 is 1. The van der Waals surface area contributed by atoms with Crippen LogP contribution in [0.25, 0.3) is 0 Å². The highest BCUT2D eigenvalue weighted by Gasteiger charge is 2.15. The molecule has 0 aliphatic rings. The third-order valence-electron chi connectivity index (χ3n) is 3.13. The van der Waals surface area contributed by atoms with Crippen LogP contribution >= 0.6 is 11.8 Å². The highest BCUT2D eigenvalue weighted by Crippen LogP contribution is 2.19. The van der Waals surface area contributed by atoms with Crippen LogP contribution < -0.4 is 15.4 Å². The Kier molecular flexibility index (Phi) is 7.43. The lowest BCUT2D eigenvalue weighted by Gasteiger charge is -2.23. The van der Waals surface area contributed by atoms with E-state index in [9.17, 15) is 0 Å². The van der Waals surface area contributed by atoms with Gasteiger partial charge in [0.25, 0.3) is 0 Å². The van der Waals surface area contributed by atoms with Crippen LogP contribution in [0.2, 0.25) is 0 Å². The van der Waals surface area contributed by atoms with E-state index in [0.29, 0.717) is 6.54 Å². The zero-order valence-corrected chi connectivity index (χ0v) is 14.5. The van der Waals surface area contributed by atoms with E-state index in [-0.39, 0.29) is 4.75 Å². The summed E-state index contributed by atoms with van der Waals surface area (Å²) in [6.45, 7) is 8.86. The second-order valence-electron chi connectivity index (χ2n) is 5.36. The molecule has 1 aromatic carbocycles. The SMILES string of the molecule is CCNC(=NCc1cccc(OC)c1)NCC(C)(C)SC. The average molecular weight is 309 g/mol. The predicted molar refractivity (Wildman–Crippen MR) is 93.4 cm³/mol. The Morgan fingerprint density at radius 3 is 2.71 bits per heavy atom. The van der Waals surface area contributed by atoms with Gasteiger partial charge < -0.3 is 15.4 Å².